The summed E-state index contributed by atoms with van der Waals surface area (Å²) >= 11 is 1.53. The van der Waals surface area contributed by atoms with Crippen LogP contribution in [0.15, 0.2) is 0 Å². The molecule has 6 nitrogen and oxygen atoms in total. The molecule has 0 aromatic rings. The molecule has 0 bridgehead atoms. The summed E-state index contributed by atoms with van der Waals surface area (Å²) in [5.41, 5.74) is 0. The van der Waals surface area contributed by atoms with Crippen LogP contribution in [0.4, 0.5) is 0 Å². The first kappa shape index (κ1) is 14.8. The lowest BCUT2D eigenvalue weighted by Crippen LogP contribution is -2.44. The molecular formula is C11H18N2O4S. The van der Waals surface area contributed by atoms with Gasteiger partial charge in [0.1, 0.15) is 6.04 Å². The minimum atomic E-state index is -1.03. The molecule has 0 aromatic carbocycles. The summed E-state index contributed by atoms with van der Waals surface area (Å²) in [5.74, 6) is -1.22. The Hall–Kier alpha value is -1.24. The SMILES string of the molecule is CSCCC(NC(=O)C1CC(=O)N(C)C1)C(=O)O. The molecule has 0 aliphatic carbocycles. The van der Waals surface area contributed by atoms with Gasteiger partial charge in [0.15, 0.2) is 0 Å². The number of carboxylic acid groups (broad SMARTS) is 1. The van der Waals surface area contributed by atoms with Gasteiger partial charge in [0.25, 0.3) is 0 Å². The molecule has 18 heavy (non-hydrogen) atoms. The summed E-state index contributed by atoms with van der Waals surface area (Å²) in [6.07, 6.45) is 2.43. The second kappa shape index (κ2) is 6.63. The largest absolute Gasteiger partial charge is 0.480 e. The maximum Gasteiger partial charge on any atom is 0.326 e. The van der Waals surface area contributed by atoms with Gasteiger partial charge in [0, 0.05) is 20.0 Å². The van der Waals surface area contributed by atoms with E-state index in [4.69, 9.17) is 5.11 Å². The number of rotatable bonds is 6. The van der Waals surface area contributed by atoms with Gasteiger partial charge in [0.05, 0.1) is 5.92 Å². The van der Waals surface area contributed by atoms with Crippen LogP contribution in [-0.2, 0) is 14.4 Å². The molecule has 0 aromatic heterocycles. The van der Waals surface area contributed by atoms with Crippen LogP contribution in [0.3, 0.4) is 0 Å². The van der Waals surface area contributed by atoms with E-state index >= 15 is 0 Å². The monoisotopic (exact) mass is 274 g/mol. The molecule has 0 saturated carbocycles. The second-order valence-corrected chi connectivity index (χ2v) is 5.34. The number of amides is 2. The Bertz CT molecular complexity index is 348. The Morgan fingerprint density at radius 3 is 2.72 bits per heavy atom. The molecule has 1 aliphatic heterocycles. The molecule has 1 saturated heterocycles. The van der Waals surface area contributed by atoms with Crippen molar-refractivity contribution < 1.29 is 19.5 Å². The van der Waals surface area contributed by atoms with Crippen LogP contribution in [0.1, 0.15) is 12.8 Å². The number of nitrogens with zero attached hydrogens (tertiary/aromatic N) is 1. The average Bonchev–Trinajstić information content (AvgIpc) is 2.64. The van der Waals surface area contributed by atoms with Gasteiger partial charge in [-0.25, -0.2) is 4.79 Å². The number of nitrogens with one attached hydrogen (secondary N) is 1. The second-order valence-electron chi connectivity index (χ2n) is 4.36. The molecule has 1 rings (SSSR count). The van der Waals surface area contributed by atoms with Crippen molar-refractivity contribution in [3.63, 3.8) is 0 Å². The smallest absolute Gasteiger partial charge is 0.326 e. The highest BCUT2D eigenvalue weighted by Crippen LogP contribution is 2.16. The van der Waals surface area contributed by atoms with Crippen molar-refractivity contribution in [2.45, 2.75) is 18.9 Å². The maximum absolute atomic E-state index is 11.9. The molecular weight excluding hydrogens is 256 g/mol. The number of likely N-dealkylation sites (tertiary alicyclic amines) is 1. The molecule has 102 valence electrons. The standard InChI is InChI=1S/C11H18N2O4S/c1-13-6-7(5-9(13)14)10(15)12-8(11(16)17)3-4-18-2/h7-8H,3-6H2,1-2H3,(H,12,15)(H,16,17). The van der Waals surface area contributed by atoms with Gasteiger partial charge in [-0.3, -0.25) is 9.59 Å². The zero-order valence-electron chi connectivity index (χ0n) is 10.5. The molecule has 1 aliphatic rings. The third kappa shape index (κ3) is 3.90. The van der Waals surface area contributed by atoms with E-state index in [2.05, 4.69) is 5.32 Å². The summed E-state index contributed by atoms with van der Waals surface area (Å²) in [6, 6.07) is -0.869. The van der Waals surface area contributed by atoms with Crippen molar-refractivity contribution >= 4 is 29.5 Å². The summed E-state index contributed by atoms with van der Waals surface area (Å²) in [7, 11) is 1.64. The Kier molecular flexibility index (Phi) is 5.46. The number of carboxylic acids is 1. The predicted octanol–water partition coefficient (Wildman–Crippen LogP) is -0.213. The topological polar surface area (TPSA) is 86.7 Å². The lowest BCUT2D eigenvalue weighted by molar-refractivity contribution is -0.142. The zero-order chi connectivity index (χ0) is 13.7. The highest BCUT2D eigenvalue weighted by Gasteiger charge is 2.33. The minimum Gasteiger partial charge on any atom is -0.480 e. The van der Waals surface area contributed by atoms with Gasteiger partial charge in [-0.2, -0.15) is 11.8 Å². The fourth-order valence-corrected chi connectivity index (χ4v) is 2.29. The first-order valence-electron chi connectivity index (χ1n) is 5.71. The first-order chi connectivity index (χ1) is 8.45. The van der Waals surface area contributed by atoms with E-state index in [1.165, 1.54) is 16.7 Å². The number of carbonyl (C=O) groups is 3. The molecule has 0 radical (unpaired) electrons. The van der Waals surface area contributed by atoms with Crippen LogP contribution in [0.25, 0.3) is 0 Å². The third-order valence-electron chi connectivity index (χ3n) is 2.94. The lowest BCUT2D eigenvalue weighted by Gasteiger charge is -2.16. The van der Waals surface area contributed by atoms with Crippen LogP contribution in [-0.4, -0.2) is 59.4 Å². The molecule has 1 fully saturated rings. The Balaban J connectivity index is 2.51. The van der Waals surface area contributed by atoms with Gasteiger partial charge >= 0.3 is 5.97 Å². The van der Waals surface area contributed by atoms with Crippen LogP contribution < -0.4 is 5.32 Å². The predicted molar refractivity (Wildman–Crippen MR) is 68.3 cm³/mol. The van der Waals surface area contributed by atoms with Gasteiger partial charge in [0.2, 0.25) is 11.8 Å². The van der Waals surface area contributed by atoms with E-state index in [9.17, 15) is 14.4 Å². The van der Waals surface area contributed by atoms with Crippen molar-refractivity contribution in [3.8, 4) is 0 Å². The fourth-order valence-electron chi connectivity index (χ4n) is 1.82. The van der Waals surface area contributed by atoms with E-state index in [1.807, 2.05) is 6.26 Å². The molecule has 0 spiro atoms. The van der Waals surface area contributed by atoms with Crippen molar-refractivity contribution in [1.29, 1.82) is 0 Å². The molecule has 2 unspecified atom stereocenters. The molecule has 2 amide bonds. The number of hydrogen-bond donors (Lipinski definition) is 2. The zero-order valence-corrected chi connectivity index (χ0v) is 11.3. The van der Waals surface area contributed by atoms with E-state index in [-0.39, 0.29) is 18.2 Å². The van der Waals surface area contributed by atoms with Gasteiger partial charge in [-0.1, -0.05) is 0 Å². The molecule has 2 N–H and O–H groups in total. The summed E-state index contributed by atoms with van der Waals surface area (Å²) in [6.45, 7) is 0.361. The number of aliphatic carboxylic acids is 1. The number of hydrogen-bond acceptors (Lipinski definition) is 4. The highest BCUT2D eigenvalue weighted by molar-refractivity contribution is 7.98. The van der Waals surface area contributed by atoms with Gasteiger partial charge < -0.3 is 15.3 Å². The van der Waals surface area contributed by atoms with Crippen LogP contribution in [0.2, 0.25) is 0 Å². The maximum atomic E-state index is 11.9. The number of thioether (sulfide) groups is 1. The third-order valence-corrected chi connectivity index (χ3v) is 3.58. The Morgan fingerprint density at radius 2 is 2.28 bits per heavy atom. The van der Waals surface area contributed by atoms with Crippen molar-refractivity contribution in [2.75, 3.05) is 25.6 Å². The summed E-state index contributed by atoms with van der Waals surface area (Å²) in [4.78, 5) is 35.6. The average molecular weight is 274 g/mol. The lowest BCUT2D eigenvalue weighted by atomic mass is 10.1. The van der Waals surface area contributed by atoms with E-state index in [0.717, 1.165) is 0 Å². The van der Waals surface area contributed by atoms with Crippen LogP contribution in [0, 0.1) is 5.92 Å². The van der Waals surface area contributed by atoms with Crippen LogP contribution in [0.5, 0.6) is 0 Å². The van der Waals surface area contributed by atoms with E-state index < -0.39 is 17.9 Å². The van der Waals surface area contributed by atoms with Crippen molar-refractivity contribution in [3.05, 3.63) is 0 Å². The molecule has 7 heteroatoms. The normalized spacial score (nSPS) is 20.9. The van der Waals surface area contributed by atoms with Crippen molar-refractivity contribution in [1.82, 2.24) is 10.2 Å². The van der Waals surface area contributed by atoms with Crippen LogP contribution >= 0.6 is 11.8 Å². The molecule has 1 heterocycles. The van der Waals surface area contributed by atoms with E-state index in [1.54, 1.807) is 7.05 Å². The first-order valence-corrected chi connectivity index (χ1v) is 7.11. The Labute approximate surface area is 110 Å². The summed E-state index contributed by atoms with van der Waals surface area (Å²) < 4.78 is 0. The highest BCUT2D eigenvalue weighted by atomic mass is 32.2. The Morgan fingerprint density at radius 1 is 1.61 bits per heavy atom. The minimum absolute atomic E-state index is 0.0776. The van der Waals surface area contributed by atoms with Crippen molar-refractivity contribution in [2.24, 2.45) is 5.92 Å². The molecule has 2 atom stereocenters. The summed E-state index contributed by atoms with van der Waals surface area (Å²) in [5, 5.41) is 11.5. The van der Waals surface area contributed by atoms with Gasteiger partial charge in [-0.05, 0) is 18.4 Å². The fraction of sp³-hybridized carbons (Fsp3) is 0.727. The van der Waals surface area contributed by atoms with E-state index in [0.29, 0.717) is 18.7 Å². The number of carbonyl (C=O) groups excluding carboxylic acids is 2. The quantitative estimate of drug-likeness (QED) is 0.699. The van der Waals surface area contributed by atoms with Gasteiger partial charge in [-0.15, -0.1) is 0 Å².